The van der Waals surface area contributed by atoms with Crippen LogP contribution in [0.3, 0.4) is 0 Å². The van der Waals surface area contributed by atoms with Gasteiger partial charge in [0.25, 0.3) is 0 Å². The van der Waals surface area contributed by atoms with Gasteiger partial charge in [-0.3, -0.25) is 4.79 Å². The monoisotopic (exact) mass is 904 g/mol. The first-order chi connectivity index (χ1) is 27.6. The van der Waals surface area contributed by atoms with E-state index in [0.29, 0.717) is 28.8 Å². The summed E-state index contributed by atoms with van der Waals surface area (Å²) in [6.07, 6.45) is -3.34. The zero-order chi connectivity index (χ0) is 42.7. The quantitative estimate of drug-likeness (QED) is 0.115. The number of benzene rings is 4. The molecular formula is C45H55BrCl2O10. The predicted molar refractivity (Wildman–Crippen MR) is 229 cm³/mol. The van der Waals surface area contributed by atoms with Gasteiger partial charge in [-0.2, -0.15) is 0 Å². The topological polar surface area (TPSA) is 144 Å². The van der Waals surface area contributed by atoms with Crippen LogP contribution in [-0.4, -0.2) is 84.9 Å². The Morgan fingerprint density at radius 2 is 1.24 bits per heavy atom. The molecule has 4 aromatic carbocycles. The molecule has 0 bridgehead atoms. The van der Waals surface area contributed by atoms with Crippen LogP contribution in [-0.2, 0) is 37.6 Å². The number of aliphatic hydroxyl groups excluding tert-OH is 4. The number of esters is 1. The molecule has 58 heavy (non-hydrogen) atoms. The fraction of sp³-hybridized carbons (Fsp3) is 0.444. The maximum absolute atomic E-state index is 11.3. The van der Waals surface area contributed by atoms with Crippen LogP contribution in [0.15, 0.2) is 89.4 Å². The summed E-state index contributed by atoms with van der Waals surface area (Å²) in [5.74, 6) is 0.849. The molecule has 0 aliphatic carbocycles. The first kappa shape index (κ1) is 47.4. The lowest BCUT2D eigenvalue weighted by Crippen LogP contribution is -2.64. The van der Waals surface area contributed by atoms with Gasteiger partial charge in [-0.15, -0.1) is 0 Å². The molecule has 0 radical (unpaired) electrons. The number of rotatable bonds is 10. The first-order valence-electron chi connectivity index (χ1n) is 19.2. The lowest BCUT2D eigenvalue weighted by atomic mass is 9.79. The molecule has 13 heteroatoms. The third kappa shape index (κ3) is 11.5. The van der Waals surface area contributed by atoms with E-state index in [1.807, 2.05) is 61.5 Å². The number of ether oxygens (including phenoxy) is 5. The molecule has 4 aromatic rings. The Kier molecular flexibility index (Phi) is 17.9. The van der Waals surface area contributed by atoms with Crippen LogP contribution in [0.5, 0.6) is 11.5 Å². The third-order valence-corrected chi connectivity index (χ3v) is 12.3. The second kappa shape index (κ2) is 21.9. The largest absolute Gasteiger partial charge is 0.497 e. The van der Waals surface area contributed by atoms with Crippen LogP contribution in [0.25, 0.3) is 0 Å². The zero-order valence-corrected chi connectivity index (χ0v) is 37.0. The summed E-state index contributed by atoms with van der Waals surface area (Å²) >= 11 is 16.0. The molecule has 9 atom stereocenters. The predicted octanol–water partition coefficient (Wildman–Crippen LogP) is 8.14. The van der Waals surface area contributed by atoms with Crippen LogP contribution in [0.4, 0.5) is 0 Å². The molecule has 0 saturated carbocycles. The summed E-state index contributed by atoms with van der Waals surface area (Å²) in [7, 11) is 4.58. The Morgan fingerprint density at radius 1 is 0.724 bits per heavy atom. The Labute approximate surface area is 360 Å². The molecule has 6 rings (SSSR count). The molecule has 2 heterocycles. The van der Waals surface area contributed by atoms with E-state index in [1.165, 1.54) is 12.7 Å². The number of cyclic esters (lactones) is 1. The van der Waals surface area contributed by atoms with E-state index in [2.05, 4.69) is 48.8 Å². The molecule has 2 aliphatic rings. The summed E-state index contributed by atoms with van der Waals surface area (Å²) in [4.78, 5) is 11.3. The smallest absolute Gasteiger partial charge is 0.309 e. The van der Waals surface area contributed by atoms with Gasteiger partial charge in [0.15, 0.2) is 0 Å². The normalized spacial score (nSPS) is 26.6. The summed E-state index contributed by atoms with van der Waals surface area (Å²) in [5.41, 5.74) is 4.48. The van der Waals surface area contributed by atoms with Crippen molar-refractivity contribution in [2.24, 2.45) is 17.8 Å². The van der Waals surface area contributed by atoms with Gasteiger partial charge in [0.1, 0.15) is 42.0 Å². The molecule has 0 unspecified atom stereocenters. The van der Waals surface area contributed by atoms with Crippen LogP contribution in [0.2, 0.25) is 10.0 Å². The number of hydrogen-bond donors (Lipinski definition) is 4. The van der Waals surface area contributed by atoms with Crippen molar-refractivity contribution in [2.75, 3.05) is 27.9 Å². The fourth-order valence-electron chi connectivity index (χ4n) is 7.03. The van der Waals surface area contributed by atoms with Crippen molar-refractivity contribution < 1.29 is 48.9 Å². The van der Waals surface area contributed by atoms with E-state index in [1.54, 1.807) is 32.4 Å². The summed E-state index contributed by atoms with van der Waals surface area (Å²) < 4.78 is 27.9. The SMILES string of the molecule is CC[C@H]1OC(=O)[C@H](C)[C@@H](C)[C@@H]1C.COc1ccc(Cc2cc(Br)ccc2Cl)cc1.COc1ccc(Cc2cc([C@]3(OC)O[C@H](CO)[C@@H](O)[C@H](O)[C@H]3O)ccc2Cl)cc1. The second-order valence-corrected chi connectivity index (χ2v) is 16.3. The molecule has 10 nitrogen and oxygen atoms in total. The summed E-state index contributed by atoms with van der Waals surface area (Å²) in [6, 6.07) is 26.4. The van der Waals surface area contributed by atoms with Crippen molar-refractivity contribution in [1.29, 1.82) is 0 Å². The Morgan fingerprint density at radius 3 is 1.72 bits per heavy atom. The van der Waals surface area contributed by atoms with Gasteiger partial charge in [-0.05, 0) is 108 Å². The molecule has 0 spiro atoms. The second-order valence-electron chi connectivity index (χ2n) is 14.6. The molecule has 4 N–H and O–H groups in total. The number of carbonyl (C=O) groups is 1. The minimum atomic E-state index is -1.77. The van der Waals surface area contributed by atoms with Crippen LogP contribution in [0.1, 0.15) is 61.9 Å². The van der Waals surface area contributed by atoms with Crippen LogP contribution >= 0.6 is 39.1 Å². The average Bonchev–Trinajstić information content (AvgIpc) is 3.24. The number of methoxy groups -OCH3 is 3. The van der Waals surface area contributed by atoms with Gasteiger partial charge in [0.2, 0.25) is 5.79 Å². The van der Waals surface area contributed by atoms with Crippen molar-refractivity contribution >= 4 is 45.1 Å². The van der Waals surface area contributed by atoms with Gasteiger partial charge in [-0.25, -0.2) is 0 Å². The molecule has 0 aromatic heterocycles. The van der Waals surface area contributed by atoms with Gasteiger partial charge in [0.05, 0.1) is 26.7 Å². The van der Waals surface area contributed by atoms with Gasteiger partial charge >= 0.3 is 5.97 Å². The molecule has 2 saturated heterocycles. The number of hydrogen-bond acceptors (Lipinski definition) is 10. The summed E-state index contributed by atoms with van der Waals surface area (Å²) in [6.45, 7) is 7.77. The van der Waals surface area contributed by atoms with Crippen LogP contribution in [0, 0.1) is 17.8 Å². The van der Waals surface area contributed by atoms with E-state index >= 15 is 0 Å². The third-order valence-electron chi connectivity index (χ3n) is 11.1. The Hall–Kier alpha value is -3.23. The minimum Gasteiger partial charge on any atom is -0.497 e. The Bertz CT molecular complexity index is 1910. The highest BCUT2D eigenvalue weighted by Crippen LogP contribution is 2.40. The van der Waals surface area contributed by atoms with Crippen LogP contribution < -0.4 is 9.47 Å². The minimum absolute atomic E-state index is 0.0209. The van der Waals surface area contributed by atoms with Gasteiger partial charge in [-0.1, -0.05) is 97.2 Å². The summed E-state index contributed by atoms with van der Waals surface area (Å²) in [5, 5.41) is 41.8. The van der Waals surface area contributed by atoms with Crippen molar-refractivity contribution in [3.63, 3.8) is 0 Å². The van der Waals surface area contributed by atoms with E-state index in [9.17, 15) is 25.2 Å². The Balaban J connectivity index is 0.000000216. The molecule has 2 aliphatic heterocycles. The molecule has 0 amide bonds. The van der Waals surface area contributed by atoms with E-state index in [0.717, 1.165) is 50.5 Å². The highest BCUT2D eigenvalue weighted by Gasteiger charge is 2.55. The molecule has 316 valence electrons. The number of carbonyl (C=O) groups excluding carboxylic acids is 1. The van der Waals surface area contributed by atoms with E-state index in [-0.39, 0.29) is 18.0 Å². The lowest BCUT2D eigenvalue weighted by Gasteiger charge is -2.47. The van der Waals surface area contributed by atoms with Gasteiger partial charge < -0.3 is 44.1 Å². The fourth-order valence-corrected chi connectivity index (χ4v) is 7.80. The standard InChI is InChI=1S/C21H25ClO7.C14H12BrClO.C10H18O2/c1-27-15-6-3-12(4-7-15)9-13-10-14(5-8-16(13)22)21(28-2)20(26)19(25)18(24)17(11-23)29-21;1-17-13-5-2-10(3-6-13)8-11-9-12(15)4-7-14(11)16;1-5-9-7(3)6(2)8(4)10(11)12-9/h3-8,10,17-20,23-26H,9,11H2,1-2H3;2-7,9H,8H2,1H3;6-9H,5H2,1-4H3/t17-,18-,19+,20-,21+;;6-,7-,8+,9+/m1.0/s1. The van der Waals surface area contributed by atoms with E-state index < -0.39 is 36.8 Å². The zero-order valence-electron chi connectivity index (χ0n) is 33.9. The lowest BCUT2D eigenvalue weighted by molar-refractivity contribution is -0.366. The molecule has 2 fully saturated rings. The van der Waals surface area contributed by atoms with E-state index in [4.69, 9.17) is 46.9 Å². The van der Waals surface area contributed by atoms with Gasteiger partial charge in [0, 0.05) is 27.2 Å². The van der Waals surface area contributed by atoms with Crippen molar-refractivity contribution in [3.05, 3.63) is 127 Å². The maximum Gasteiger partial charge on any atom is 0.309 e. The maximum atomic E-state index is 11.3. The average molecular weight is 907 g/mol. The number of aliphatic hydroxyl groups is 4. The van der Waals surface area contributed by atoms with Crippen molar-refractivity contribution in [2.45, 2.75) is 83.3 Å². The first-order valence-corrected chi connectivity index (χ1v) is 20.7. The highest BCUT2D eigenvalue weighted by atomic mass is 79.9. The van der Waals surface area contributed by atoms with Crippen molar-refractivity contribution in [3.8, 4) is 11.5 Å². The highest BCUT2D eigenvalue weighted by molar-refractivity contribution is 9.10. The van der Waals surface area contributed by atoms with Crippen molar-refractivity contribution in [1.82, 2.24) is 0 Å². The molecular weight excluding hydrogens is 851 g/mol. The number of halogens is 3.